The fourth-order valence-electron chi connectivity index (χ4n) is 3.08. The van der Waals surface area contributed by atoms with Crippen LogP contribution in [-0.4, -0.2) is 30.2 Å². The molecule has 5 heteroatoms. The average Bonchev–Trinajstić information content (AvgIpc) is 2.72. The van der Waals surface area contributed by atoms with E-state index in [0.29, 0.717) is 19.4 Å². The summed E-state index contributed by atoms with van der Waals surface area (Å²) in [5.74, 6) is -0.790. The summed E-state index contributed by atoms with van der Waals surface area (Å²) in [5.41, 5.74) is -0.493. The molecule has 0 saturated heterocycles. The number of carboxylic acids is 1. The van der Waals surface area contributed by atoms with Gasteiger partial charge in [0.2, 0.25) is 0 Å². The molecule has 2 amide bonds. The number of carbonyl (C=O) groups excluding carboxylic acids is 1. The van der Waals surface area contributed by atoms with Crippen LogP contribution in [0.4, 0.5) is 4.79 Å². The summed E-state index contributed by atoms with van der Waals surface area (Å²) in [6.07, 6.45) is 7.07. The van der Waals surface area contributed by atoms with Gasteiger partial charge in [-0.15, -0.1) is 0 Å². The minimum absolute atomic E-state index is 0.221. The van der Waals surface area contributed by atoms with Crippen LogP contribution < -0.4 is 10.6 Å². The molecule has 0 unspecified atom stereocenters. The van der Waals surface area contributed by atoms with Crippen molar-refractivity contribution in [3.63, 3.8) is 0 Å². The van der Waals surface area contributed by atoms with Gasteiger partial charge in [0.05, 0.1) is 5.41 Å². The first-order valence-corrected chi connectivity index (χ1v) is 7.21. The zero-order valence-electron chi connectivity index (χ0n) is 11.6. The van der Waals surface area contributed by atoms with E-state index in [1.165, 1.54) is 12.8 Å². The Kier molecular flexibility index (Phi) is 4.02. The average molecular weight is 268 g/mol. The van der Waals surface area contributed by atoms with Crippen LogP contribution in [0.25, 0.3) is 0 Å². The Bertz CT molecular complexity index is 358. The number of carboxylic acid groups (broad SMARTS) is 1. The van der Waals surface area contributed by atoms with Crippen LogP contribution in [0.5, 0.6) is 0 Å². The number of carbonyl (C=O) groups is 2. The van der Waals surface area contributed by atoms with E-state index in [0.717, 1.165) is 19.3 Å². The van der Waals surface area contributed by atoms with E-state index in [4.69, 9.17) is 5.11 Å². The van der Waals surface area contributed by atoms with Crippen LogP contribution in [0, 0.1) is 10.8 Å². The summed E-state index contributed by atoms with van der Waals surface area (Å²) in [7, 11) is 0. The van der Waals surface area contributed by atoms with Crippen molar-refractivity contribution < 1.29 is 14.7 Å². The second-order valence-corrected chi connectivity index (χ2v) is 6.49. The number of hydrogen-bond donors (Lipinski definition) is 3. The van der Waals surface area contributed by atoms with Gasteiger partial charge in [-0.1, -0.05) is 26.2 Å². The third-order valence-electron chi connectivity index (χ3n) is 4.84. The topological polar surface area (TPSA) is 78.4 Å². The van der Waals surface area contributed by atoms with Crippen molar-refractivity contribution in [2.45, 2.75) is 51.9 Å². The lowest BCUT2D eigenvalue weighted by atomic mass is 9.69. The highest BCUT2D eigenvalue weighted by Gasteiger charge is 2.44. The minimum atomic E-state index is -0.790. The van der Waals surface area contributed by atoms with Crippen LogP contribution in [0.1, 0.15) is 51.9 Å². The largest absolute Gasteiger partial charge is 0.481 e. The van der Waals surface area contributed by atoms with Gasteiger partial charge in [-0.05, 0) is 31.1 Å². The quantitative estimate of drug-likeness (QED) is 0.714. The summed E-state index contributed by atoms with van der Waals surface area (Å²) in [6, 6.07) is -0.236. The van der Waals surface area contributed by atoms with Gasteiger partial charge in [0.1, 0.15) is 0 Å². The van der Waals surface area contributed by atoms with Crippen LogP contribution in [-0.2, 0) is 4.79 Å². The van der Waals surface area contributed by atoms with Crippen molar-refractivity contribution in [1.29, 1.82) is 0 Å². The van der Waals surface area contributed by atoms with Gasteiger partial charge in [-0.25, -0.2) is 4.79 Å². The third kappa shape index (κ3) is 3.19. The summed E-state index contributed by atoms with van der Waals surface area (Å²) < 4.78 is 0. The van der Waals surface area contributed by atoms with Gasteiger partial charge in [0.25, 0.3) is 0 Å². The van der Waals surface area contributed by atoms with Gasteiger partial charge in [-0.2, -0.15) is 0 Å². The lowest BCUT2D eigenvalue weighted by Gasteiger charge is -2.37. The smallest absolute Gasteiger partial charge is 0.314 e. The van der Waals surface area contributed by atoms with Crippen molar-refractivity contribution >= 4 is 12.0 Å². The Hall–Kier alpha value is -1.26. The van der Waals surface area contributed by atoms with E-state index >= 15 is 0 Å². The van der Waals surface area contributed by atoms with Crippen molar-refractivity contribution in [2.24, 2.45) is 10.8 Å². The number of hydrogen-bond acceptors (Lipinski definition) is 2. The highest BCUT2D eigenvalue weighted by atomic mass is 16.4. The molecule has 2 aliphatic rings. The highest BCUT2D eigenvalue weighted by molar-refractivity contribution is 5.78. The fraction of sp³-hybridized carbons (Fsp3) is 0.857. The molecule has 0 aromatic rings. The summed E-state index contributed by atoms with van der Waals surface area (Å²) >= 11 is 0. The molecule has 0 atom stereocenters. The third-order valence-corrected chi connectivity index (χ3v) is 4.84. The second kappa shape index (κ2) is 5.39. The van der Waals surface area contributed by atoms with Gasteiger partial charge < -0.3 is 15.7 Å². The molecule has 2 fully saturated rings. The molecule has 0 spiro atoms. The molecular weight excluding hydrogens is 244 g/mol. The molecule has 19 heavy (non-hydrogen) atoms. The first-order valence-electron chi connectivity index (χ1n) is 7.21. The van der Waals surface area contributed by atoms with E-state index < -0.39 is 11.4 Å². The van der Waals surface area contributed by atoms with Crippen molar-refractivity contribution in [1.82, 2.24) is 10.6 Å². The molecule has 108 valence electrons. The van der Waals surface area contributed by atoms with E-state index in [1.54, 1.807) is 0 Å². The van der Waals surface area contributed by atoms with Crippen LogP contribution >= 0.6 is 0 Å². The molecular formula is C14H24N2O3. The van der Waals surface area contributed by atoms with Crippen molar-refractivity contribution in [3.05, 3.63) is 0 Å². The predicted octanol–water partition coefficient (Wildman–Crippen LogP) is 2.12. The molecule has 3 N–H and O–H groups in total. The predicted molar refractivity (Wildman–Crippen MR) is 71.9 cm³/mol. The molecule has 2 saturated carbocycles. The van der Waals surface area contributed by atoms with Gasteiger partial charge in [0, 0.05) is 13.1 Å². The zero-order chi connectivity index (χ0) is 13.9. The Morgan fingerprint density at radius 1 is 1.00 bits per heavy atom. The maximum Gasteiger partial charge on any atom is 0.314 e. The first kappa shape index (κ1) is 14.2. The number of aliphatic carboxylic acids is 1. The highest BCUT2D eigenvalue weighted by Crippen LogP contribution is 2.40. The summed E-state index contributed by atoms with van der Waals surface area (Å²) in [6.45, 7) is 3.12. The SMILES string of the molecule is CC1(CNC(=O)NCC2(C(=O)O)CCC2)CCCC1. The fourth-order valence-corrected chi connectivity index (χ4v) is 3.08. The van der Waals surface area contributed by atoms with E-state index in [-0.39, 0.29) is 18.0 Å². The van der Waals surface area contributed by atoms with Gasteiger partial charge in [-0.3, -0.25) is 4.79 Å². The molecule has 0 radical (unpaired) electrons. The molecule has 0 aliphatic heterocycles. The maximum atomic E-state index is 11.7. The Balaban J connectivity index is 1.71. The number of amides is 2. The van der Waals surface area contributed by atoms with E-state index in [1.807, 2.05) is 0 Å². The van der Waals surface area contributed by atoms with Gasteiger partial charge >= 0.3 is 12.0 Å². The monoisotopic (exact) mass is 268 g/mol. The molecule has 2 rings (SSSR count). The second-order valence-electron chi connectivity index (χ2n) is 6.49. The number of rotatable bonds is 5. The van der Waals surface area contributed by atoms with Gasteiger partial charge in [0.15, 0.2) is 0 Å². The number of urea groups is 1. The van der Waals surface area contributed by atoms with E-state index in [2.05, 4.69) is 17.6 Å². The van der Waals surface area contributed by atoms with Crippen LogP contribution in [0.2, 0.25) is 0 Å². The van der Waals surface area contributed by atoms with Crippen molar-refractivity contribution in [2.75, 3.05) is 13.1 Å². The standard InChI is InChI=1S/C14H24N2O3/c1-13(5-2-3-6-13)9-15-12(19)16-10-14(11(17)18)7-4-8-14/h2-10H2,1H3,(H,17,18)(H2,15,16,19). The number of nitrogens with one attached hydrogen (secondary N) is 2. The molecule has 0 bridgehead atoms. The molecule has 2 aliphatic carbocycles. The Morgan fingerprint density at radius 2 is 1.58 bits per heavy atom. The summed E-state index contributed by atoms with van der Waals surface area (Å²) in [5, 5.41) is 14.8. The first-order chi connectivity index (χ1) is 8.96. The van der Waals surface area contributed by atoms with Crippen molar-refractivity contribution in [3.8, 4) is 0 Å². The molecule has 0 heterocycles. The normalized spacial score (nSPS) is 23.4. The Labute approximate surface area is 114 Å². The zero-order valence-corrected chi connectivity index (χ0v) is 11.6. The summed E-state index contributed by atoms with van der Waals surface area (Å²) in [4.78, 5) is 22.9. The maximum absolute atomic E-state index is 11.7. The molecule has 5 nitrogen and oxygen atoms in total. The Morgan fingerprint density at radius 3 is 2.05 bits per heavy atom. The van der Waals surface area contributed by atoms with Crippen LogP contribution in [0.3, 0.4) is 0 Å². The molecule has 0 aromatic heterocycles. The van der Waals surface area contributed by atoms with E-state index in [9.17, 15) is 9.59 Å². The lowest BCUT2D eigenvalue weighted by Crippen LogP contribution is -2.50. The minimum Gasteiger partial charge on any atom is -0.481 e. The molecule has 0 aromatic carbocycles. The van der Waals surface area contributed by atoms with Crippen LogP contribution in [0.15, 0.2) is 0 Å². The lowest BCUT2D eigenvalue weighted by molar-refractivity contribution is -0.153.